The molecule has 1 saturated heterocycles. The highest BCUT2D eigenvalue weighted by Gasteiger charge is 2.22. The largest absolute Gasteiger partial charge is 0.377 e. The molecule has 1 amide bonds. The number of carbonyl (C=O) groups is 1. The smallest absolute Gasteiger partial charge is 0.234 e. The monoisotopic (exact) mass is 296 g/mol. The third-order valence-electron chi connectivity index (χ3n) is 3.51. The van der Waals surface area contributed by atoms with Crippen LogP contribution in [0.25, 0.3) is 0 Å². The Hall–Kier alpha value is -1.10. The van der Waals surface area contributed by atoms with Crippen LogP contribution < -0.4 is 10.6 Å². The van der Waals surface area contributed by atoms with Gasteiger partial charge in [0.2, 0.25) is 5.91 Å². The first kappa shape index (κ1) is 15.3. The number of hydrogen-bond acceptors (Lipinski definition) is 3. The molecule has 1 heterocycles. The zero-order chi connectivity index (χ0) is 14.4. The highest BCUT2D eigenvalue weighted by atomic mass is 35.5. The molecule has 1 aromatic carbocycles. The molecule has 4 nitrogen and oxygen atoms in total. The number of rotatable bonds is 6. The lowest BCUT2D eigenvalue weighted by molar-refractivity contribution is -0.120. The van der Waals surface area contributed by atoms with E-state index in [9.17, 15) is 4.79 Å². The first-order valence-corrected chi connectivity index (χ1v) is 7.39. The van der Waals surface area contributed by atoms with E-state index in [-0.39, 0.29) is 18.1 Å². The van der Waals surface area contributed by atoms with Crippen LogP contribution in [0.15, 0.2) is 24.3 Å². The summed E-state index contributed by atoms with van der Waals surface area (Å²) in [4.78, 5) is 11.8. The third-order valence-corrected chi connectivity index (χ3v) is 3.76. The molecule has 2 rings (SSSR count). The summed E-state index contributed by atoms with van der Waals surface area (Å²) in [6, 6.07) is 7.66. The van der Waals surface area contributed by atoms with E-state index in [1.54, 1.807) is 0 Å². The molecule has 5 heteroatoms. The number of ether oxygens (including phenoxy) is 1. The minimum absolute atomic E-state index is 0.00945. The Morgan fingerprint density at radius 3 is 2.85 bits per heavy atom. The lowest BCUT2D eigenvalue weighted by atomic mass is 10.1. The van der Waals surface area contributed by atoms with Gasteiger partial charge in [-0.1, -0.05) is 23.7 Å². The fraction of sp³-hybridized carbons (Fsp3) is 0.533. The average molecular weight is 297 g/mol. The second-order valence-electron chi connectivity index (χ2n) is 5.12. The molecule has 0 saturated carbocycles. The third kappa shape index (κ3) is 4.78. The number of benzene rings is 1. The lowest BCUT2D eigenvalue weighted by Gasteiger charge is -2.19. The topological polar surface area (TPSA) is 50.4 Å². The molecule has 2 N–H and O–H groups in total. The first-order valence-electron chi connectivity index (χ1n) is 7.01. The predicted molar refractivity (Wildman–Crippen MR) is 79.7 cm³/mol. The summed E-state index contributed by atoms with van der Waals surface area (Å²) in [7, 11) is 0. The maximum Gasteiger partial charge on any atom is 0.234 e. The van der Waals surface area contributed by atoms with Crippen LogP contribution in [0.2, 0.25) is 5.02 Å². The quantitative estimate of drug-likeness (QED) is 0.845. The maximum absolute atomic E-state index is 11.8. The molecule has 1 aliphatic rings. The summed E-state index contributed by atoms with van der Waals surface area (Å²) >= 11 is 5.81. The van der Waals surface area contributed by atoms with E-state index in [2.05, 4.69) is 17.6 Å². The number of carbonyl (C=O) groups excluding carboxylic acids is 1. The van der Waals surface area contributed by atoms with Crippen LogP contribution in [0.5, 0.6) is 0 Å². The Morgan fingerprint density at radius 1 is 1.45 bits per heavy atom. The maximum atomic E-state index is 11.8. The van der Waals surface area contributed by atoms with Crippen molar-refractivity contribution in [3.05, 3.63) is 34.9 Å². The summed E-state index contributed by atoms with van der Waals surface area (Å²) in [5, 5.41) is 6.79. The summed E-state index contributed by atoms with van der Waals surface area (Å²) in [5.74, 6) is -0.00945. The summed E-state index contributed by atoms with van der Waals surface area (Å²) in [6.45, 7) is 3.72. The standard InChI is InChI=1S/C15H21ClN2O2/c1-11(14-3-2-8-20-14)17-10-15(19)18-9-12-4-6-13(16)7-5-12/h4-7,11,14,17H,2-3,8-10H2,1H3,(H,18,19)/t11-,14-/m0/s1. The minimum Gasteiger partial charge on any atom is -0.377 e. The Labute approximate surface area is 124 Å². The minimum atomic E-state index is -0.00945. The molecule has 1 aliphatic heterocycles. The number of amides is 1. The zero-order valence-electron chi connectivity index (χ0n) is 11.7. The van der Waals surface area contributed by atoms with E-state index in [1.807, 2.05) is 24.3 Å². The average Bonchev–Trinajstić information content (AvgIpc) is 2.98. The van der Waals surface area contributed by atoms with Gasteiger partial charge in [-0.15, -0.1) is 0 Å². The van der Waals surface area contributed by atoms with Crippen molar-refractivity contribution in [2.75, 3.05) is 13.2 Å². The number of nitrogens with one attached hydrogen (secondary N) is 2. The fourth-order valence-corrected chi connectivity index (χ4v) is 2.37. The molecule has 110 valence electrons. The highest BCUT2D eigenvalue weighted by molar-refractivity contribution is 6.30. The van der Waals surface area contributed by atoms with Gasteiger partial charge >= 0.3 is 0 Å². The Bertz CT molecular complexity index is 430. The van der Waals surface area contributed by atoms with E-state index in [0.717, 1.165) is 25.0 Å². The number of hydrogen-bond donors (Lipinski definition) is 2. The van der Waals surface area contributed by atoms with E-state index >= 15 is 0 Å². The van der Waals surface area contributed by atoms with Gasteiger partial charge in [0.05, 0.1) is 12.6 Å². The summed E-state index contributed by atoms with van der Waals surface area (Å²) in [6.07, 6.45) is 2.42. The molecule has 20 heavy (non-hydrogen) atoms. The van der Waals surface area contributed by atoms with Crippen LogP contribution in [0.4, 0.5) is 0 Å². The summed E-state index contributed by atoms with van der Waals surface area (Å²) in [5.41, 5.74) is 1.04. The Balaban J connectivity index is 1.66. The van der Waals surface area contributed by atoms with Crippen molar-refractivity contribution in [2.45, 2.75) is 38.5 Å². The van der Waals surface area contributed by atoms with Crippen molar-refractivity contribution in [3.63, 3.8) is 0 Å². The second-order valence-corrected chi connectivity index (χ2v) is 5.56. The zero-order valence-corrected chi connectivity index (χ0v) is 12.5. The first-order chi connectivity index (χ1) is 9.65. The summed E-state index contributed by atoms with van der Waals surface area (Å²) < 4.78 is 5.58. The van der Waals surface area contributed by atoms with Gasteiger partial charge in [-0.2, -0.15) is 0 Å². The van der Waals surface area contributed by atoms with Crippen LogP contribution in [0, 0.1) is 0 Å². The van der Waals surface area contributed by atoms with Crippen LogP contribution in [-0.2, 0) is 16.1 Å². The Morgan fingerprint density at radius 2 is 2.20 bits per heavy atom. The predicted octanol–water partition coefficient (Wildman–Crippen LogP) is 2.11. The highest BCUT2D eigenvalue weighted by Crippen LogP contribution is 2.15. The van der Waals surface area contributed by atoms with Crippen molar-refractivity contribution in [1.29, 1.82) is 0 Å². The van der Waals surface area contributed by atoms with Crippen LogP contribution >= 0.6 is 11.6 Å². The molecule has 1 fully saturated rings. The van der Waals surface area contributed by atoms with Gasteiger partial charge in [-0.3, -0.25) is 4.79 Å². The molecular formula is C15H21ClN2O2. The molecule has 0 unspecified atom stereocenters. The van der Waals surface area contributed by atoms with Crippen molar-refractivity contribution >= 4 is 17.5 Å². The van der Waals surface area contributed by atoms with E-state index in [0.29, 0.717) is 18.1 Å². The second kappa shape index (κ2) is 7.62. The van der Waals surface area contributed by atoms with Crippen LogP contribution in [0.1, 0.15) is 25.3 Å². The van der Waals surface area contributed by atoms with Gasteiger partial charge in [-0.05, 0) is 37.5 Å². The van der Waals surface area contributed by atoms with Gasteiger partial charge in [0.25, 0.3) is 0 Å². The van der Waals surface area contributed by atoms with E-state index in [4.69, 9.17) is 16.3 Å². The van der Waals surface area contributed by atoms with Crippen molar-refractivity contribution in [2.24, 2.45) is 0 Å². The van der Waals surface area contributed by atoms with E-state index in [1.165, 1.54) is 0 Å². The van der Waals surface area contributed by atoms with Crippen molar-refractivity contribution < 1.29 is 9.53 Å². The van der Waals surface area contributed by atoms with Gasteiger partial charge in [0.15, 0.2) is 0 Å². The van der Waals surface area contributed by atoms with Gasteiger partial charge in [0.1, 0.15) is 0 Å². The molecule has 0 bridgehead atoms. The molecular weight excluding hydrogens is 276 g/mol. The SMILES string of the molecule is C[C@H](NCC(=O)NCc1ccc(Cl)cc1)[C@@H]1CCCO1. The molecule has 0 aliphatic carbocycles. The molecule has 0 aromatic heterocycles. The molecule has 0 radical (unpaired) electrons. The normalized spacial score (nSPS) is 19.8. The lowest BCUT2D eigenvalue weighted by Crippen LogP contribution is -2.42. The van der Waals surface area contributed by atoms with Crippen LogP contribution in [0.3, 0.4) is 0 Å². The fourth-order valence-electron chi connectivity index (χ4n) is 2.25. The number of halogens is 1. The van der Waals surface area contributed by atoms with Gasteiger partial charge < -0.3 is 15.4 Å². The van der Waals surface area contributed by atoms with E-state index < -0.39 is 0 Å². The van der Waals surface area contributed by atoms with Crippen molar-refractivity contribution in [3.8, 4) is 0 Å². The van der Waals surface area contributed by atoms with Gasteiger partial charge in [-0.25, -0.2) is 0 Å². The van der Waals surface area contributed by atoms with Crippen LogP contribution in [-0.4, -0.2) is 31.2 Å². The molecule has 1 aromatic rings. The Kier molecular flexibility index (Phi) is 5.83. The van der Waals surface area contributed by atoms with Gasteiger partial charge in [0, 0.05) is 24.2 Å². The molecule has 0 spiro atoms. The van der Waals surface area contributed by atoms with Crippen molar-refractivity contribution in [1.82, 2.24) is 10.6 Å². The molecule has 2 atom stereocenters.